The number of ketones is 1. The van der Waals surface area contributed by atoms with Gasteiger partial charge in [-0.1, -0.05) is 44.2 Å². The number of hydrogen-bond donors (Lipinski definition) is 1. The molecule has 1 aliphatic carbocycles. The van der Waals surface area contributed by atoms with Crippen molar-refractivity contribution < 1.29 is 19.1 Å². The Labute approximate surface area is 161 Å². The van der Waals surface area contributed by atoms with Gasteiger partial charge < -0.3 is 10.1 Å². The van der Waals surface area contributed by atoms with Crippen LogP contribution in [-0.4, -0.2) is 30.3 Å². The molecule has 0 spiro atoms. The van der Waals surface area contributed by atoms with Crippen molar-refractivity contribution >= 4 is 17.7 Å². The van der Waals surface area contributed by atoms with Gasteiger partial charge in [-0.05, 0) is 50.0 Å². The quantitative estimate of drug-likeness (QED) is 0.560. The van der Waals surface area contributed by atoms with Crippen LogP contribution in [-0.2, 0) is 25.5 Å². The maximum absolute atomic E-state index is 12.7. The van der Waals surface area contributed by atoms with E-state index in [2.05, 4.69) is 19.2 Å². The highest BCUT2D eigenvalue weighted by Gasteiger charge is 2.32. The van der Waals surface area contributed by atoms with E-state index < -0.39 is 17.8 Å². The maximum Gasteiger partial charge on any atom is 0.376 e. The van der Waals surface area contributed by atoms with Crippen LogP contribution in [0.2, 0.25) is 0 Å². The molecule has 1 aromatic carbocycles. The summed E-state index contributed by atoms with van der Waals surface area (Å²) in [4.78, 5) is 37.2. The van der Waals surface area contributed by atoms with Crippen LogP contribution in [0.4, 0.5) is 0 Å². The number of amides is 1. The Kier molecular flexibility index (Phi) is 8.01. The SMILES string of the molecule is CCOC(=O)C(=O)[C@@H](Cc1ccccc1)NC(=O)[C@H]1CC[C@H](C(C)C)CC1. The second-order valence-electron chi connectivity index (χ2n) is 7.69. The van der Waals surface area contributed by atoms with Crippen LogP contribution in [0.25, 0.3) is 0 Å². The van der Waals surface area contributed by atoms with E-state index in [0.717, 1.165) is 31.2 Å². The van der Waals surface area contributed by atoms with Gasteiger partial charge in [-0.3, -0.25) is 9.59 Å². The molecule has 1 aromatic rings. The summed E-state index contributed by atoms with van der Waals surface area (Å²) >= 11 is 0. The van der Waals surface area contributed by atoms with Crippen LogP contribution < -0.4 is 5.32 Å². The Hall–Kier alpha value is -2.17. The fourth-order valence-corrected chi connectivity index (χ4v) is 3.74. The summed E-state index contributed by atoms with van der Waals surface area (Å²) in [6.45, 7) is 6.23. The minimum atomic E-state index is -0.887. The van der Waals surface area contributed by atoms with E-state index in [-0.39, 0.29) is 24.9 Å². The van der Waals surface area contributed by atoms with E-state index in [1.54, 1.807) is 6.92 Å². The third-order valence-electron chi connectivity index (χ3n) is 5.48. The molecule has 0 radical (unpaired) electrons. The van der Waals surface area contributed by atoms with E-state index in [1.807, 2.05) is 30.3 Å². The number of Topliss-reactive ketones (excluding diaryl/α,β-unsaturated/α-hetero) is 1. The first kappa shape index (κ1) is 21.1. The van der Waals surface area contributed by atoms with Crippen LogP contribution in [0.5, 0.6) is 0 Å². The van der Waals surface area contributed by atoms with Crippen molar-refractivity contribution in [2.75, 3.05) is 6.61 Å². The predicted molar refractivity (Wildman–Crippen MR) is 104 cm³/mol. The number of ether oxygens (including phenoxy) is 1. The molecule has 1 amide bonds. The van der Waals surface area contributed by atoms with Gasteiger partial charge in [-0.2, -0.15) is 0 Å². The van der Waals surface area contributed by atoms with Crippen LogP contribution in [0.1, 0.15) is 52.0 Å². The molecule has 27 heavy (non-hydrogen) atoms. The van der Waals surface area contributed by atoms with E-state index in [0.29, 0.717) is 11.8 Å². The molecule has 0 bridgehead atoms. The van der Waals surface area contributed by atoms with Crippen molar-refractivity contribution in [1.29, 1.82) is 0 Å². The molecular weight excluding hydrogens is 342 g/mol. The Morgan fingerprint density at radius 3 is 2.26 bits per heavy atom. The van der Waals surface area contributed by atoms with E-state index in [1.165, 1.54) is 0 Å². The lowest BCUT2D eigenvalue weighted by Gasteiger charge is -2.31. The van der Waals surface area contributed by atoms with Gasteiger partial charge in [0.15, 0.2) is 0 Å². The Morgan fingerprint density at radius 2 is 1.70 bits per heavy atom. The number of carbonyl (C=O) groups is 3. The Balaban J connectivity index is 2.03. The standard InChI is InChI=1S/C22H31NO4/c1-4-27-22(26)20(24)19(14-16-8-6-5-7-9-16)23-21(25)18-12-10-17(11-13-18)15(2)3/h5-9,15,17-19H,4,10-14H2,1-3H3,(H,23,25)/t17-,18-,19-/m1/s1. The highest BCUT2D eigenvalue weighted by molar-refractivity contribution is 6.36. The molecule has 1 saturated carbocycles. The molecule has 0 aromatic heterocycles. The summed E-state index contributed by atoms with van der Waals surface area (Å²) in [5.74, 6) is -0.503. The normalized spacial score (nSPS) is 20.7. The average molecular weight is 373 g/mol. The summed E-state index contributed by atoms with van der Waals surface area (Å²) in [6.07, 6.45) is 4.02. The van der Waals surface area contributed by atoms with Crippen LogP contribution >= 0.6 is 0 Å². The summed E-state index contributed by atoms with van der Waals surface area (Å²) in [5.41, 5.74) is 0.893. The molecule has 5 heteroatoms. The smallest absolute Gasteiger partial charge is 0.376 e. The molecule has 1 atom stereocenters. The number of nitrogens with one attached hydrogen (secondary N) is 1. The third-order valence-corrected chi connectivity index (χ3v) is 5.48. The predicted octanol–water partition coefficient (Wildman–Crippen LogP) is 3.31. The average Bonchev–Trinajstić information content (AvgIpc) is 2.67. The molecule has 148 valence electrons. The molecule has 0 unspecified atom stereocenters. The number of hydrogen-bond acceptors (Lipinski definition) is 4. The van der Waals surface area contributed by atoms with Gasteiger partial charge in [0, 0.05) is 12.3 Å². The number of esters is 1. The van der Waals surface area contributed by atoms with Gasteiger partial charge in [0.2, 0.25) is 5.91 Å². The zero-order chi connectivity index (χ0) is 19.8. The van der Waals surface area contributed by atoms with Crippen molar-refractivity contribution in [3.8, 4) is 0 Å². The van der Waals surface area contributed by atoms with Gasteiger partial charge in [0.1, 0.15) is 6.04 Å². The largest absolute Gasteiger partial charge is 0.460 e. The lowest BCUT2D eigenvalue weighted by atomic mass is 9.76. The Morgan fingerprint density at radius 1 is 1.07 bits per heavy atom. The molecule has 0 heterocycles. The highest BCUT2D eigenvalue weighted by atomic mass is 16.5. The minimum Gasteiger partial charge on any atom is -0.460 e. The van der Waals surface area contributed by atoms with Crippen LogP contribution in [0.15, 0.2) is 30.3 Å². The molecule has 1 fully saturated rings. The molecule has 1 N–H and O–H groups in total. The molecule has 5 nitrogen and oxygen atoms in total. The van der Waals surface area contributed by atoms with Crippen LogP contribution in [0, 0.1) is 17.8 Å². The summed E-state index contributed by atoms with van der Waals surface area (Å²) in [7, 11) is 0. The molecular formula is C22H31NO4. The second kappa shape index (κ2) is 10.2. The fourth-order valence-electron chi connectivity index (χ4n) is 3.74. The number of rotatable bonds is 8. The van der Waals surface area contributed by atoms with Gasteiger partial charge in [-0.25, -0.2) is 4.79 Å². The number of carbonyl (C=O) groups excluding carboxylic acids is 3. The first-order valence-corrected chi connectivity index (χ1v) is 9.97. The third kappa shape index (κ3) is 6.19. The molecule has 1 aliphatic rings. The zero-order valence-corrected chi connectivity index (χ0v) is 16.6. The molecule has 2 rings (SSSR count). The minimum absolute atomic E-state index is 0.0896. The topological polar surface area (TPSA) is 72.5 Å². The van der Waals surface area contributed by atoms with Crippen molar-refractivity contribution in [1.82, 2.24) is 5.32 Å². The molecule has 0 saturated heterocycles. The fraction of sp³-hybridized carbons (Fsp3) is 0.591. The zero-order valence-electron chi connectivity index (χ0n) is 16.6. The summed E-state index contributed by atoms with van der Waals surface area (Å²) < 4.78 is 4.85. The summed E-state index contributed by atoms with van der Waals surface area (Å²) in [5, 5.41) is 2.83. The Bertz CT molecular complexity index is 633. The van der Waals surface area contributed by atoms with Gasteiger partial charge in [0.05, 0.1) is 6.61 Å². The maximum atomic E-state index is 12.7. The highest BCUT2D eigenvalue weighted by Crippen LogP contribution is 2.33. The van der Waals surface area contributed by atoms with Crippen LogP contribution in [0.3, 0.4) is 0 Å². The lowest BCUT2D eigenvalue weighted by Crippen LogP contribution is -2.48. The van der Waals surface area contributed by atoms with Crippen molar-refractivity contribution in [2.24, 2.45) is 17.8 Å². The second-order valence-corrected chi connectivity index (χ2v) is 7.69. The van der Waals surface area contributed by atoms with Gasteiger partial charge >= 0.3 is 5.97 Å². The van der Waals surface area contributed by atoms with Gasteiger partial charge in [0.25, 0.3) is 5.78 Å². The van der Waals surface area contributed by atoms with Gasteiger partial charge in [-0.15, -0.1) is 0 Å². The van der Waals surface area contributed by atoms with E-state index in [4.69, 9.17) is 4.74 Å². The van der Waals surface area contributed by atoms with Crippen molar-refractivity contribution in [2.45, 2.75) is 58.9 Å². The van der Waals surface area contributed by atoms with E-state index >= 15 is 0 Å². The first-order valence-electron chi connectivity index (χ1n) is 9.97. The molecule has 0 aliphatic heterocycles. The van der Waals surface area contributed by atoms with Crippen molar-refractivity contribution in [3.63, 3.8) is 0 Å². The van der Waals surface area contributed by atoms with Crippen molar-refractivity contribution in [3.05, 3.63) is 35.9 Å². The first-order chi connectivity index (χ1) is 12.9. The number of benzene rings is 1. The van der Waals surface area contributed by atoms with E-state index in [9.17, 15) is 14.4 Å². The lowest BCUT2D eigenvalue weighted by molar-refractivity contribution is -0.154. The summed E-state index contributed by atoms with van der Waals surface area (Å²) in [6, 6.07) is 8.50. The monoisotopic (exact) mass is 373 g/mol.